The summed E-state index contributed by atoms with van der Waals surface area (Å²) >= 11 is 0. The van der Waals surface area contributed by atoms with E-state index in [1.807, 2.05) is 30.3 Å². The maximum Gasteiger partial charge on any atom is 0.122 e. The third kappa shape index (κ3) is 6.65. The lowest BCUT2D eigenvalue weighted by molar-refractivity contribution is 1.13. The van der Waals surface area contributed by atoms with Gasteiger partial charge in [0.25, 0.3) is 0 Å². The molecule has 2 aromatic heterocycles. The van der Waals surface area contributed by atoms with Gasteiger partial charge in [0.2, 0.25) is 0 Å². The summed E-state index contributed by atoms with van der Waals surface area (Å²) in [6.45, 7) is 0. The van der Waals surface area contributed by atoms with Crippen molar-refractivity contribution in [3.05, 3.63) is 223 Å². The van der Waals surface area contributed by atoms with Crippen LogP contribution in [0.3, 0.4) is 0 Å². The van der Waals surface area contributed by atoms with Gasteiger partial charge in [-0.3, -0.25) is 5.41 Å². The number of aromatic nitrogens is 2. The van der Waals surface area contributed by atoms with Crippen molar-refractivity contribution in [3.63, 3.8) is 0 Å². The quantitative estimate of drug-likeness (QED) is 0.125. The van der Waals surface area contributed by atoms with E-state index in [1.165, 1.54) is 65.9 Å². The summed E-state index contributed by atoms with van der Waals surface area (Å²) in [7, 11) is 0. The fraction of sp³-hybridized carbons (Fsp3) is 0.0192. The van der Waals surface area contributed by atoms with Gasteiger partial charge in [0.05, 0.1) is 22.1 Å². The molecular formula is C52H40N4. The van der Waals surface area contributed by atoms with Gasteiger partial charge < -0.3 is 14.9 Å². The van der Waals surface area contributed by atoms with Crippen LogP contribution in [-0.2, 0) is 6.42 Å². The van der Waals surface area contributed by atoms with E-state index < -0.39 is 0 Å². The molecule has 0 unspecified atom stereocenters. The zero-order valence-corrected chi connectivity index (χ0v) is 30.9. The molecule has 2 heterocycles. The number of rotatable bonds is 7. The fourth-order valence-corrected chi connectivity index (χ4v) is 7.79. The number of nitrogen functional groups attached to an aromatic ring is 1. The lowest BCUT2D eigenvalue weighted by Gasteiger charge is -2.14. The van der Waals surface area contributed by atoms with E-state index in [2.05, 4.69) is 191 Å². The number of benzene rings is 8. The van der Waals surface area contributed by atoms with Crippen LogP contribution in [0.5, 0.6) is 0 Å². The second kappa shape index (κ2) is 15.1. The molecule has 8 aromatic carbocycles. The van der Waals surface area contributed by atoms with Crippen LogP contribution in [-0.4, -0.2) is 15.0 Å². The third-order valence-corrected chi connectivity index (χ3v) is 10.4. The van der Waals surface area contributed by atoms with Crippen molar-refractivity contribution in [2.24, 2.45) is 5.73 Å². The Labute approximate surface area is 326 Å². The van der Waals surface area contributed by atoms with Crippen molar-refractivity contribution >= 4 is 55.5 Å². The number of fused-ring (bicyclic) bond motifs is 6. The molecule has 10 rings (SSSR count). The molecular weight excluding hydrogens is 681 g/mol. The van der Waals surface area contributed by atoms with Crippen LogP contribution < -0.4 is 5.73 Å². The highest BCUT2D eigenvalue weighted by Gasteiger charge is 2.16. The summed E-state index contributed by atoms with van der Waals surface area (Å²) in [5.74, 6) is 0.121. The number of nitrogens with two attached hydrogens (primary N) is 1. The molecule has 0 saturated heterocycles. The Morgan fingerprint density at radius 2 is 0.839 bits per heavy atom. The average molecular weight is 721 g/mol. The number of allylic oxidation sites excluding steroid dienone is 1. The molecule has 0 amide bonds. The summed E-state index contributed by atoms with van der Waals surface area (Å²) in [4.78, 5) is 0. The minimum atomic E-state index is 0.121. The molecule has 0 aliphatic heterocycles. The van der Waals surface area contributed by atoms with Crippen LogP contribution in [0.15, 0.2) is 206 Å². The molecule has 268 valence electrons. The number of nitrogens with one attached hydrogen (secondary N) is 1. The summed E-state index contributed by atoms with van der Waals surface area (Å²) in [5.41, 5.74) is 18.1. The molecule has 3 N–H and O–H groups in total. The first-order valence-electron chi connectivity index (χ1n) is 18.9. The van der Waals surface area contributed by atoms with Crippen molar-refractivity contribution in [2.45, 2.75) is 6.42 Å². The van der Waals surface area contributed by atoms with Crippen molar-refractivity contribution in [3.8, 4) is 22.5 Å². The van der Waals surface area contributed by atoms with Gasteiger partial charge in [-0.25, -0.2) is 0 Å². The zero-order chi connectivity index (χ0) is 37.8. The summed E-state index contributed by atoms with van der Waals surface area (Å²) in [6, 6.07) is 70.7. The van der Waals surface area contributed by atoms with Gasteiger partial charge >= 0.3 is 0 Å². The van der Waals surface area contributed by atoms with Crippen molar-refractivity contribution in [2.75, 3.05) is 0 Å². The van der Waals surface area contributed by atoms with Gasteiger partial charge in [-0.2, -0.15) is 0 Å². The third-order valence-electron chi connectivity index (χ3n) is 10.4. The second-order valence-corrected chi connectivity index (χ2v) is 14.0. The van der Waals surface area contributed by atoms with Crippen molar-refractivity contribution in [1.29, 1.82) is 5.41 Å². The van der Waals surface area contributed by atoms with Gasteiger partial charge in [-0.15, -0.1) is 0 Å². The maximum absolute atomic E-state index is 7.01. The Balaban J connectivity index is 0.000000403. The first-order chi connectivity index (χ1) is 27.6. The van der Waals surface area contributed by atoms with Gasteiger partial charge in [0, 0.05) is 38.5 Å². The highest BCUT2D eigenvalue weighted by atomic mass is 15.0. The Morgan fingerprint density at radius 1 is 0.446 bits per heavy atom. The molecule has 0 saturated carbocycles. The Bertz CT molecular complexity index is 2770. The first-order valence-corrected chi connectivity index (χ1v) is 18.9. The van der Waals surface area contributed by atoms with E-state index in [0.29, 0.717) is 0 Å². The molecule has 0 bridgehead atoms. The van der Waals surface area contributed by atoms with Crippen LogP contribution in [0.2, 0.25) is 0 Å². The topological polar surface area (TPSA) is 59.7 Å². The molecule has 0 radical (unpaired) electrons. The van der Waals surface area contributed by atoms with E-state index in [-0.39, 0.29) is 5.84 Å². The van der Waals surface area contributed by atoms with Crippen molar-refractivity contribution in [1.82, 2.24) is 9.13 Å². The number of hydrogen-bond acceptors (Lipinski definition) is 1. The van der Waals surface area contributed by atoms with Gasteiger partial charge in [0.1, 0.15) is 5.84 Å². The largest absolute Gasteiger partial charge is 0.384 e. The Morgan fingerprint density at radius 3 is 1.27 bits per heavy atom. The standard InChI is InChI=1S/C45H32N2.C7H8N2/c1-2-15-34(16-3-1)35-27-25-32(26-28-35)13-12-14-33-29-36(46-42-21-8-4-17-38(42)39-18-5-9-22-43(39)46)31-37(30-33)47-44-23-10-6-19-40(44)41-20-7-11-24-45(41)47;8-7(9)6-4-2-1-3-5-6/h1-12,14-31H,13H2;1-5H,(H3,8,9)/b14-12+;. The van der Waals surface area contributed by atoms with E-state index >= 15 is 0 Å². The lowest BCUT2D eigenvalue weighted by atomic mass is 10.0. The smallest absolute Gasteiger partial charge is 0.122 e. The van der Waals surface area contributed by atoms with Crippen LogP contribution >= 0.6 is 0 Å². The van der Waals surface area contributed by atoms with Crippen LogP contribution in [0.4, 0.5) is 0 Å². The molecule has 4 nitrogen and oxygen atoms in total. The highest BCUT2D eigenvalue weighted by molar-refractivity contribution is 6.10. The van der Waals surface area contributed by atoms with Gasteiger partial charge in [-0.05, 0) is 71.1 Å². The number of nitrogens with zero attached hydrogens (tertiary/aromatic N) is 2. The molecule has 4 heteroatoms. The SMILES string of the molecule is C(=C\c1cc(-n2c3ccccc3c3ccccc32)cc(-n2c3ccccc3c3ccccc32)c1)/Cc1ccc(-c2ccccc2)cc1.N=C(N)c1ccccc1. The Kier molecular flexibility index (Phi) is 9.28. The van der Waals surface area contributed by atoms with Gasteiger partial charge in [-0.1, -0.05) is 170 Å². The Hall–Kier alpha value is -7.43. The minimum absolute atomic E-state index is 0.121. The highest BCUT2D eigenvalue weighted by Crippen LogP contribution is 2.36. The van der Waals surface area contributed by atoms with Crippen LogP contribution in [0, 0.1) is 5.41 Å². The van der Waals surface area contributed by atoms with E-state index in [9.17, 15) is 0 Å². The average Bonchev–Trinajstić information content (AvgIpc) is 3.78. The predicted molar refractivity (Wildman–Crippen MR) is 237 cm³/mol. The number of para-hydroxylation sites is 4. The lowest BCUT2D eigenvalue weighted by Crippen LogP contribution is -2.10. The first kappa shape index (κ1) is 34.3. The summed E-state index contributed by atoms with van der Waals surface area (Å²) in [6.07, 6.45) is 5.43. The van der Waals surface area contributed by atoms with E-state index in [4.69, 9.17) is 11.1 Å². The van der Waals surface area contributed by atoms with Crippen LogP contribution in [0.25, 0.3) is 72.2 Å². The van der Waals surface area contributed by atoms with Crippen molar-refractivity contribution < 1.29 is 0 Å². The number of amidine groups is 1. The predicted octanol–water partition coefficient (Wildman–Crippen LogP) is 12.8. The summed E-state index contributed by atoms with van der Waals surface area (Å²) in [5, 5.41) is 12.1. The monoisotopic (exact) mass is 720 g/mol. The molecule has 0 aliphatic rings. The maximum atomic E-state index is 7.01. The molecule has 0 fully saturated rings. The minimum Gasteiger partial charge on any atom is -0.384 e. The fourth-order valence-electron chi connectivity index (χ4n) is 7.79. The molecule has 0 aliphatic carbocycles. The van der Waals surface area contributed by atoms with Crippen LogP contribution in [0.1, 0.15) is 16.7 Å². The molecule has 0 atom stereocenters. The normalized spacial score (nSPS) is 11.4. The second-order valence-electron chi connectivity index (χ2n) is 14.0. The molecule has 0 spiro atoms. The number of hydrogen-bond donors (Lipinski definition) is 2. The van der Waals surface area contributed by atoms with E-state index in [1.54, 1.807) is 0 Å². The van der Waals surface area contributed by atoms with E-state index in [0.717, 1.165) is 23.4 Å². The molecule has 56 heavy (non-hydrogen) atoms. The molecule has 10 aromatic rings. The van der Waals surface area contributed by atoms with Gasteiger partial charge in [0.15, 0.2) is 0 Å². The summed E-state index contributed by atoms with van der Waals surface area (Å²) < 4.78 is 4.84. The zero-order valence-electron chi connectivity index (χ0n) is 30.9.